The number of hydrogen-bond acceptors (Lipinski definition) is 3. The SMILES string of the molecule is Cc1cnn(C2CCN(C(=O)c3ccc(Br)s3)C2)c1. The quantitative estimate of drug-likeness (QED) is 0.843. The lowest BCUT2D eigenvalue weighted by Crippen LogP contribution is -2.28. The summed E-state index contributed by atoms with van der Waals surface area (Å²) in [5.74, 6) is 0.127. The van der Waals surface area contributed by atoms with Crippen LogP contribution >= 0.6 is 27.3 Å². The first-order chi connectivity index (χ1) is 9.13. The van der Waals surface area contributed by atoms with Crippen LogP contribution in [0.15, 0.2) is 28.3 Å². The zero-order chi connectivity index (χ0) is 13.4. The van der Waals surface area contributed by atoms with Crippen LogP contribution in [0.25, 0.3) is 0 Å². The molecule has 6 heteroatoms. The number of nitrogens with zero attached hydrogens (tertiary/aromatic N) is 3. The molecular formula is C13H14BrN3OS. The second-order valence-corrected chi connectivity index (χ2v) is 7.26. The summed E-state index contributed by atoms with van der Waals surface area (Å²) < 4.78 is 2.97. The normalized spacial score (nSPS) is 19.1. The minimum Gasteiger partial charge on any atom is -0.336 e. The van der Waals surface area contributed by atoms with Crippen LogP contribution in [-0.2, 0) is 0 Å². The average molecular weight is 340 g/mol. The third-order valence-corrected chi connectivity index (χ3v) is 4.95. The average Bonchev–Trinajstić information content (AvgIpc) is 3.07. The molecule has 2 aromatic heterocycles. The zero-order valence-corrected chi connectivity index (χ0v) is 12.9. The summed E-state index contributed by atoms with van der Waals surface area (Å²) in [5.41, 5.74) is 1.16. The highest BCUT2D eigenvalue weighted by Gasteiger charge is 2.29. The van der Waals surface area contributed by atoms with Crippen molar-refractivity contribution in [3.8, 4) is 0 Å². The third-order valence-electron chi connectivity index (χ3n) is 3.34. The molecule has 1 amide bonds. The van der Waals surface area contributed by atoms with Crippen LogP contribution in [0.4, 0.5) is 0 Å². The lowest BCUT2D eigenvalue weighted by Gasteiger charge is -2.15. The van der Waals surface area contributed by atoms with E-state index >= 15 is 0 Å². The first-order valence-electron chi connectivity index (χ1n) is 6.19. The van der Waals surface area contributed by atoms with Crippen LogP contribution in [0.5, 0.6) is 0 Å². The van der Waals surface area contributed by atoms with Crippen molar-refractivity contribution in [1.29, 1.82) is 0 Å². The molecule has 0 bridgehead atoms. The van der Waals surface area contributed by atoms with Gasteiger partial charge in [0, 0.05) is 19.3 Å². The van der Waals surface area contributed by atoms with Gasteiger partial charge >= 0.3 is 0 Å². The smallest absolute Gasteiger partial charge is 0.264 e. The first-order valence-corrected chi connectivity index (χ1v) is 7.80. The van der Waals surface area contributed by atoms with E-state index in [4.69, 9.17) is 0 Å². The molecule has 19 heavy (non-hydrogen) atoms. The van der Waals surface area contributed by atoms with Crippen molar-refractivity contribution in [3.63, 3.8) is 0 Å². The number of thiophene rings is 1. The number of carbonyl (C=O) groups is 1. The van der Waals surface area contributed by atoms with E-state index in [2.05, 4.69) is 21.0 Å². The van der Waals surface area contributed by atoms with E-state index < -0.39 is 0 Å². The summed E-state index contributed by atoms with van der Waals surface area (Å²) in [7, 11) is 0. The van der Waals surface area contributed by atoms with E-state index in [0.717, 1.165) is 33.7 Å². The summed E-state index contributed by atoms with van der Waals surface area (Å²) in [6, 6.07) is 4.10. The number of hydrogen-bond donors (Lipinski definition) is 0. The Morgan fingerprint density at radius 1 is 1.53 bits per heavy atom. The van der Waals surface area contributed by atoms with E-state index in [1.54, 1.807) is 0 Å². The van der Waals surface area contributed by atoms with Gasteiger partial charge in [0.25, 0.3) is 5.91 Å². The van der Waals surface area contributed by atoms with Crippen molar-refractivity contribution in [2.24, 2.45) is 0 Å². The molecule has 0 radical (unpaired) electrons. The van der Waals surface area contributed by atoms with Gasteiger partial charge in [-0.2, -0.15) is 5.10 Å². The van der Waals surface area contributed by atoms with Crippen LogP contribution in [0.1, 0.15) is 27.7 Å². The van der Waals surface area contributed by atoms with Gasteiger partial charge in [-0.15, -0.1) is 11.3 Å². The number of rotatable bonds is 2. The van der Waals surface area contributed by atoms with Crippen LogP contribution in [-0.4, -0.2) is 33.7 Å². The minimum atomic E-state index is 0.127. The maximum Gasteiger partial charge on any atom is 0.264 e. The van der Waals surface area contributed by atoms with E-state index in [1.165, 1.54) is 11.3 Å². The molecule has 100 valence electrons. The molecule has 0 aromatic carbocycles. The van der Waals surface area contributed by atoms with Crippen molar-refractivity contribution in [2.45, 2.75) is 19.4 Å². The van der Waals surface area contributed by atoms with Crippen LogP contribution in [0.2, 0.25) is 0 Å². The van der Waals surface area contributed by atoms with Gasteiger partial charge in [0.1, 0.15) is 0 Å². The highest BCUT2D eigenvalue weighted by Crippen LogP contribution is 2.27. The molecule has 1 saturated heterocycles. The number of likely N-dealkylation sites (tertiary alicyclic amines) is 1. The predicted octanol–water partition coefficient (Wildman–Crippen LogP) is 3.10. The molecule has 0 spiro atoms. The van der Waals surface area contributed by atoms with Crippen LogP contribution in [0.3, 0.4) is 0 Å². The molecule has 1 atom stereocenters. The van der Waals surface area contributed by atoms with Crippen LogP contribution < -0.4 is 0 Å². The van der Waals surface area contributed by atoms with Gasteiger partial charge in [0.05, 0.1) is 20.9 Å². The molecular weight excluding hydrogens is 326 g/mol. The van der Waals surface area contributed by atoms with Crippen molar-refractivity contribution >= 4 is 33.2 Å². The van der Waals surface area contributed by atoms with E-state index in [0.29, 0.717) is 6.04 Å². The van der Waals surface area contributed by atoms with Gasteiger partial charge in [-0.3, -0.25) is 9.48 Å². The molecule has 1 fully saturated rings. The lowest BCUT2D eigenvalue weighted by molar-refractivity contribution is 0.0792. The van der Waals surface area contributed by atoms with Crippen LogP contribution in [0, 0.1) is 6.92 Å². The van der Waals surface area contributed by atoms with E-state index in [1.807, 2.05) is 41.0 Å². The summed E-state index contributed by atoms with van der Waals surface area (Å²) in [4.78, 5) is 15.0. The van der Waals surface area contributed by atoms with Crippen molar-refractivity contribution in [2.75, 3.05) is 13.1 Å². The highest BCUT2D eigenvalue weighted by atomic mass is 79.9. The molecule has 0 aliphatic carbocycles. The summed E-state index contributed by atoms with van der Waals surface area (Å²) in [5, 5.41) is 4.34. The van der Waals surface area contributed by atoms with Crippen molar-refractivity contribution in [1.82, 2.24) is 14.7 Å². The second kappa shape index (κ2) is 5.09. The fourth-order valence-corrected chi connectivity index (χ4v) is 3.71. The van der Waals surface area contributed by atoms with E-state index in [-0.39, 0.29) is 5.91 Å². The Morgan fingerprint density at radius 2 is 2.37 bits per heavy atom. The lowest BCUT2D eigenvalue weighted by atomic mass is 10.3. The molecule has 0 N–H and O–H groups in total. The molecule has 0 saturated carbocycles. The number of halogens is 1. The molecule has 1 aliphatic rings. The maximum absolute atomic E-state index is 12.3. The Hall–Kier alpha value is -1.14. The number of aryl methyl sites for hydroxylation is 1. The molecule has 4 nitrogen and oxygen atoms in total. The summed E-state index contributed by atoms with van der Waals surface area (Å²) in [6.45, 7) is 3.58. The molecule has 3 heterocycles. The second-order valence-electron chi connectivity index (χ2n) is 4.80. The Labute approximate surface area is 124 Å². The largest absolute Gasteiger partial charge is 0.336 e. The summed E-state index contributed by atoms with van der Waals surface area (Å²) >= 11 is 4.88. The zero-order valence-electron chi connectivity index (χ0n) is 10.5. The van der Waals surface area contributed by atoms with Gasteiger partial charge in [0.2, 0.25) is 0 Å². The number of amides is 1. The van der Waals surface area contributed by atoms with Gasteiger partial charge < -0.3 is 4.90 Å². The highest BCUT2D eigenvalue weighted by molar-refractivity contribution is 9.11. The number of aromatic nitrogens is 2. The fraction of sp³-hybridized carbons (Fsp3) is 0.385. The van der Waals surface area contributed by atoms with Gasteiger partial charge in [-0.05, 0) is 47.0 Å². The Morgan fingerprint density at radius 3 is 3.00 bits per heavy atom. The van der Waals surface area contributed by atoms with Crippen molar-refractivity contribution < 1.29 is 4.79 Å². The summed E-state index contributed by atoms with van der Waals surface area (Å²) in [6.07, 6.45) is 4.88. The van der Waals surface area contributed by atoms with Crippen molar-refractivity contribution in [3.05, 3.63) is 38.8 Å². The van der Waals surface area contributed by atoms with Gasteiger partial charge in [-0.25, -0.2) is 0 Å². The predicted molar refractivity (Wildman–Crippen MR) is 78.5 cm³/mol. The van der Waals surface area contributed by atoms with Gasteiger partial charge in [0.15, 0.2) is 0 Å². The Kier molecular flexibility index (Phi) is 3.45. The van der Waals surface area contributed by atoms with E-state index in [9.17, 15) is 4.79 Å². The molecule has 2 aromatic rings. The fourth-order valence-electron chi connectivity index (χ4n) is 2.36. The number of carbonyl (C=O) groups excluding carboxylic acids is 1. The first kappa shape index (κ1) is 12.9. The topological polar surface area (TPSA) is 38.1 Å². The third kappa shape index (κ3) is 2.60. The van der Waals surface area contributed by atoms with Gasteiger partial charge in [-0.1, -0.05) is 0 Å². The Balaban J connectivity index is 1.70. The molecule has 3 rings (SSSR count). The minimum absolute atomic E-state index is 0.127. The molecule has 1 aliphatic heterocycles. The molecule has 1 unspecified atom stereocenters. The maximum atomic E-state index is 12.3. The standard InChI is InChI=1S/C13H14BrN3OS/c1-9-6-15-17(7-9)10-4-5-16(8-10)13(18)11-2-3-12(14)19-11/h2-3,6-7,10H,4-5,8H2,1H3. The Bertz CT molecular complexity index is 607. The monoisotopic (exact) mass is 339 g/mol.